The predicted octanol–water partition coefficient (Wildman–Crippen LogP) is 2.01. The van der Waals surface area contributed by atoms with Gasteiger partial charge in [0.1, 0.15) is 5.52 Å². The molecule has 0 amide bonds. The van der Waals surface area contributed by atoms with Gasteiger partial charge in [0.2, 0.25) is 5.95 Å². The van der Waals surface area contributed by atoms with Gasteiger partial charge in [0.25, 0.3) is 0 Å². The summed E-state index contributed by atoms with van der Waals surface area (Å²) in [4.78, 5) is 7.97. The summed E-state index contributed by atoms with van der Waals surface area (Å²) >= 11 is 3.30. The van der Waals surface area contributed by atoms with Gasteiger partial charge in [-0.15, -0.1) is 5.10 Å². The van der Waals surface area contributed by atoms with Crippen LogP contribution in [0, 0.1) is 5.82 Å². The maximum absolute atomic E-state index is 13.7. The third-order valence-corrected chi connectivity index (χ3v) is 4.22. The summed E-state index contributed by atoms with van der Waals surface area (Å²) in [5, 5.41) is 15.9. The maximum atomic E-state index is 13.7. The van der Waals surface area contributed by atoms with Crippen LogP contribution in [-0.4, -0.2) is 43.9 Å². The van der Waals surface area contributed by atoms with E-state index in [1.54, 1.807) is 12.3 Å². The summed E-state index contributed by atoms with van der Waals surface area (Å²) < 4.78 is 16.0. The smallest absolute Gasteiger partial charge is 0.238 e. The number of halogens is 2. The fourth-order valence-electron chi connectivity index (χ4n) is 2.51. The highest BCUT2D eigenvalue weighted by Gasteiger charge is 2.13. The quantitative estimate of drug-likeness (QED) is 0.569. The van der Waals surface area contributed by atoms with Crippen LogP contribution in [0.2, 0.25) is 0 Å². The number of hydrogen-bond donors (Lipinski definition) is 3. The van der Waals surface area contributed by atoms with Crippen LogP contribution in [0.1, 0.15) is 12.8 Å². The van der Waals surface area contributed by atoms with E-state index in [-0.39, 0.29) is 17.6 Å². The van der Waals surface area contributed by atoms with Crippen LogP contribution in [0.3, 0.4) is 0 Å². The fourth-order valence-corrected chi connectivity index (χ4v) is 2.74. The Morgan fingerprint density at radius 3 is 2.76 bits per heavy atom. The molecule has 1 aliphatic rings. The number of aliphatic hydroxyl groups excluding tert-OH is 1. The van der Waals surface area contributed by atoms with Crippen LogP contribution in [0.25, 0.3) is 16.9 Å². The first kappa shape index (κ1) is 17.7. The molecule has 0 aliphatic carbocycles. The molecule has 1 saturated heterocycles. The van der Waals surface area contributed by atoms with Crippen molar-refractivity contribution >= 4 is 27.4 Å². The van der Waals surface area contributed by atoms with Crippen molar-refractivity contribution in [2.24, 2.45) is 0 Å². The van der Waals surface area contributed by atoms with E-state index in [0.29, 0.717) is 11.4 Å². The van der Waals surface area contributed by atoms with Crippen LogP contribution < -0.4 is 11.1 Å². The van der Waals surface area contributed by atoms with Crippen molar-refractivity contribution in [3.8, 4) is 11.4 Å². The second kappa shape index (κ2) is 7.85. The summed E-state index contributed by atoms with van der Waals surface area (Å²) in [5.74, 6) is -0.328. The monoisotopic (exact) mass is 408 g/mol. The van der Waals surface area contributed by atoms with E-state index in [1.165, 1.54) is 16.8 Å². The Hall–Kier alpha value is -2.10. The first-order valence-corrected chi connectivity index (χ1v) is 8.64. The lowest BCUT2D eigenvalue weighted by Crippen LogP contribution is -2.33. The van der Waals surface area contributed by atoms with E-state index >= 15 is 0 Å². The first-order chi connectivity index (χ1) is 12.0. The number of nitrogens with two attached hydrogens (primary N) is 1. The molecule has 7 nitrogen and oxygen atoms in total. The molecule has 0 saturated carbocycles. The highest BCUT2D eigenvalue weighted by Crippen LogP contribution is 2.23. The lowest BCUT2D eigenvalue weighted by molar-refractivity contribution is 0.142. The molecule has 0 aromatic carbocycles. The lowest BCUT2D eigenvalue weighted by Gasteiger charge is -2.16. The summed E-state index contributed by atoms with van der Waals surface area (Å²) in [7, 11) is 0. The second-order valence-electron chi connectivity index (χ2n) is 5.65. The summed E-state index contributed by atoms with van der Waals surface area (Å²) in [5.41, 5.74) is 6.92. The molecule has 4 heterocycles. The number of rotatable bonds is 1. The molecular formula is C16H18BrFN6O. The van der Waals surface area contributed by atoms with Gasteiger partial charge in [-0.3, -0.25) is 4.98 Å². The molecular weight excluding hydrogens is 391 g/mol. The molecule has 1 unspecified atom stereocenters. The average molecular weight is 409 g/mol. The molecule has 4 rings (SSSR count). The minimum absolute atomic E-state index is 0.0752. The van der Waals surface area contributed by atoms with E-state index in [1.807, 2.05) is 6.07 Å². The van der Waals surface area contributed by atoms with Crippen LogP contribution >= 0.6 is 15.9 Å². The van der Waals surface area contributed by atoms with Crippen molar-refractivity contribution in [2.75, 3.05) is 18.8 Å². The third-order valence-electron chi connectivity index (χ3n) is 3.75. The summed E-state index contributed by atoms with van der Waals surface area (Å²) in [6.07, 6.45) is 5.01. The van der Waals surface area contributed by atoms with Gasteiger partial charge in [-0.25, -0.2) is 13.9 Å². The molecule has 132 valence electrons. The average Bonchev–Trinajstić information content (AvgIpc) is 2.93. The third kappa shape index (κ3) is 4.30. The first-order valence-electron chi connectivity index (χ1n) is 7.85. The zero-order chi connectivity index (χ0) is 17.8. The Balaban J connectivity index is 0.000000219. The Morgan fingerprint density at radius 1 is 1.32 bits per heavy atom. The zero-order valence-electron chi connectivity index (χ0n) is 13.4. The molecule has 0 radical (unpaired) electrons. The number of β-amino-alcohol motifs (C(OH)–C–C–N with tert-alkyl or cyclic N) is 1. The van der Waals surface area contributed by atoms with Gasteiger partial charge in [-0.05, 0) is 47.4 Å². The van der Waals surface area contributed by atoms with Crippen LogP contribution in [0.4, 0.5) is 10.3 Å². The van der Waals surface area contributed by atoms with Crippen molar-refractivity contribution in [3.63, 3.8) is 0 Å². The molecule has 1 atom stereocenters. The topological polar surface area (TPSA) is 101 Å². The number of hydrogen-bond acceptors (Lipinski definition) is 6. The molecule has 0 bridgehead atoms. The minimum Gasteiger partial charge on any atom is -0.392 e. The standard InChI is InChI=1S/C11H7BrFN5.C5H11NO/c12-6-1-2-8(15-4-6)9-3-7(13)10-5-16-11(14)17-18(9)10;7-5-2-1-3-6-4-5/h1-5H,(H2,14,17);5-7H,1-4H2. The Bertz CT molecular complexity index is 848. The Labute approximate surface area is 152 Å². The van der Waals surface area contributed by atoms with E-state index in [4.69, 9.17) is 10.8 Å². The van der Waals surface area contributed by atoms with Crippen molar-refractivity contribution in [1.82, 2.24) is 24.9 Å². The SMILES string of the molecule is Nc1ncc2c(F)cc(-c3ccc(Br)cn3)n2n1.OC1CCCNC1. The van der Waals surface area contributed by atoms with Gasteiger partial charge in [0, 0.05) is 23.3 Å². The molecule has 1 fully saturated rings. The second-order valence-corrected chi connectivity index (χ2v) is 6.57. The molecule has 0 spiro atoms. The van der Waals surface area contributed by atoms with Crippen molar-refractivity contribution in [1.29, 1.82) is 0 Å². The number of piperidine rings is 1. The van der Waals surface area contributed by atoms with Crippen molar-refractivity contribution in [2.45, 2.75) is 18.9 Å². The van der Waals surface area contributed by atoms with E-state index in [9.17, 15) is 4.39 Å². The number of anilines is 1. The van der Waals surface area contributed by atoms with Crippen LogP contribution in [-0.2, 0) is 0 Å². The van der Waals surface area contributed by atoms with Gasteiger partial charge in [0.15, 0.2) is 5.82 Å². The van der Waals surface area contributed by atoms with Gasteiger partial charge in [-0.1, -0.05) is 0 Å². The maximum Gasteiger partial charge on any atom is 0.238 e. The zero-order valence-corrected chi connectivity index (χ0v) is 14.9. The number of nitrogens with one attached hydrogen (secondary N) is 1. The number of fused-ring (bicyclic) bond motifs is 1. The number of pyridine rings is 1. The molecule has 4 N–H and O–H groups in total. The highest BCUT2D eigenvalue weighted by atomic mass is 79.9. The minimum atomic E-state index is -0.408. The number of aliphatic hydroxyl groups is 1. The Kier molecular flexibility index (Phi) is 5.57. The normalized spacial score (nSPS) is 17.2. The highest BCUT2D eigenvalue weighted by molar-refractivity contribution is 9.10. The number of aromatic nitrogens is 4. The van der Waals surface area contributed by atoms with Gasteiger partial charge in [-0.2, -0.15) is 0 Å². The van der Waals surface area contributed by atoms with Crippen molar-refractivity contribution in [3.05, 3.63) is 40.9 Å². The fraction of sp³-hybridized carbons (Fsp3) is 0.312. The van der Waals surface area contributed by atoms with Crippen LogP contribution in [0.15, 0.2) is 35.1 Å². The van der Waals surface area contributed by atoms with Gasteiger partial charge < -0.3 is 16.2 Å². The van der Waals surface area contributed by atoms with E-state index < -0.39 is 5.82 Å². The van der Waals surface area contributed by atoms with Crippen molar-refractivity contribution < 1.29 is 9.50 Å². The lowest BCUT2D eigenvalue weighted by atomic mass is 10.1. The molecule has 25 heavy (non-hydrogen) atoms. The van der Waals surface area contributed by atoms with Gasteiger partial charge in [0.05, 0.1) is 23.7 Å². The predicted molar refractivity (Wildman–Crippen MR) is 96.4 cm³/mol. The molecule has 1 aliphatic heterocycles. The van der Waals surface area contributed by atoms with E-state index in [2.05, 4.69) is 36.3 Å². The molecule has 3 aromatic rings. The largest absolute Gasteiger partial charge is 0.392 e. The Morgan fingerprint density at radius 2 is 2.16 bits per heavy atom. The van der Waals surface area contributed by atoms with Gasteiger partial charge >= 0.3 is 0 Å². The molecule has 9 heteroatoms. The van der Waals surface area contributed by atoms with E-state index in [0.717, 1.165) is 30.4 Å². The summed E-state index contributed by atoms with van der Waals surface area (Å²) in [6.45, 7) is 1.87. The molecule has 3 aromatic heterocycles. The number of nitrogens with zero attached hydrogens (tertiary/aromatic N) is 4. The number of nitrogen functional groups attached to an aromatic ring is 1. The van der Waals surface area contributed by atoms with Crippen LogP contribution in [0.5, 0.6) is 0 Å². The summed E-state index contributed by atoms with van der Waals surface area (Å²) in [6, 6.07) is 4.95.